The summed E-state index contributed by atoms with van der Waals surface area (Å²) in [5.41, 5.74) is 1.16. The standard InChI is InChI=1S/C24H41ClN4O4Si2/c1-22(2,3)34(10,11)32-18-17-15(12-30-35(33-17,23(4,5)6)24(7,8)9)31-21(18)29-14-28-16-19(25)26-13-27-20(16)29/h13-15,17-18,21H,12H2,1-11H3/t15-,17+,18+,21-/m1/s1. The van der Waals surface area contributed by atoms with Crippen LogP contribution in [-0.4, -0.2) is 61.3 Å². The average molecular weight is 541 g/mol. The van der Waals surface area contributed by atoms with Crippen molar-refractivity contribution >= 4 is 39.6 Å². The van der Waals surface area contributed by atoms with Crippen LogP contribution in [0.2, 0.25) is 33.4 Å². The third-order valence-electron chi connectivity index (χ3n) is 7.84. The molecule has 4 rings (SSSR count). The molecule has 2 aliphatic rings. The number of fused-ring (bicyclic) bond motifs is 2. The highest BCUT2D eigenvalue weighted by Crippen LogP contribution is 2.56. The molecule has 0 aromatic carbocycles. The van der Waals surface area contributed by atoms with Gasteiger partial charge in [0.05, 0.1) is 12.9 Å². The molecule has 0 amide bonds. The van der Waals surface area contributed by atoms with Crippen LogP contribution in [0, 0.1) is 0 Å². The number of nitrogens with zero attached hydrogens (tertiary/aromatic N) is 4. The van der Waals surface area contributed by atoms with E-state index in [9.17, 15) is 0 Å². The lowest BCUT2D eigenvalue weighted by Gasteiger charge is -2.54. The molecule has 4 atom stereocenters. The summed E-state index contributed by atoms with van der Waals surface area (Å²) < 4.78 is 29.5. The van der Waals surface area contributed by atoms with Gasteiger partial charge in [0.1, 0.15) is 30.2 Å². The number of rotatable bonds is 3. The molecule has 0 radical (unpaired) electrons. The van der Waals surface area contributed by atoms with Crippen LogP contribution in [0.5, 0.6) is 0 Å². The molecule has 0 bridgehead atoms. The first-order valence-electron chi connectivity index (χ1n) is 12.4. The van der Waals surface area contributed by atoms with E-state index in [-0.39, 0.29) is 33.4 Å². The van der Waals surface area contributed by atoms with Gasteiger partial charge >= 0.3 is 8.56 Å². The van der Waals surface area contributed by atoms with Crippen LogP contribution in [0.3, 0.4) is 0 Å². The molecule has 196 valence electrons. The lowest BCUT2D eigenvalue weighted by molar-refractivity contribution is -0.0795. The third kappa shape index (κ3) is 4.43. The summed E-state index contributed by atoms with van der Waals surface area (Å²) in [4.78, 5) is 13.0. The monoisotopic (exact) mass is 540 g/mol. The fourth-order valence-corrected chi connectivity index (χ4v) is 11.6. The zero-order valence-corrected chi connectivity index (χ0v) is 25.7. The molecule has 0 saturated carbocycles. The Labute approximate surface area is 216 Å². The quantitative estimate of drug-likeness (QED) is 0.337. The van der Waals surface area contributed by atoms with E-state index in [4.69, 9.17) is 29.6 Å². The van der Waals surface area contributed by atoms with Crippen LogP contribution in [-0.2, 0) is 18.0 Å². The summed E-state index contributed by atoms with van der Waals surface area (Å²) in [7, 11) is -4.92. The maximum Gasteiger partial charge on any atom is 0.349 e. The number of imidazole rings is 1. The van der Waals surface area contributed by atoms with E-state index < -0.39 is 23.1 Å². The molecule has 2 fully saturated rings. The highest BCUT2D eigenvalue weighted by Gasteiger charge is 2.65. The molecule has 8 nitrogen and oxygen atoms in total. The van der Waals surface area contributed by atoms with Crippen molar-refractivity contribution in [2.75, 3.05) is 6.61 Å². The predicted molar refractivity (Wildman–Crippen MR) is 142 cm³/mol. The van der Waals surface area contributed by atoms with Crippen LogP contribution < -0.4 is 0 Å². The van der Waals surface area contributed by atoms with Crippen molar-refractivity contribution in [2.45, 2.75) is 115 Å². The molecule has 35 heavy (non-hydrogen) atoms. The van der Waals surface area contributed by atoms with Gasteiger partial charge in [0.15, 0.2) is 25.3 Å². The second-order valence-corrected chi connectivity index (χ2v) is 23.3. The molecule has 0 unspecified atom stereocenters. The molecular weight excluding hydrogens is 500 g/mol. The Hall–Kier alpha value is -0.886. The van der Waals surface area contributed by atoms with Crippen LogP contribution in [0.4, 0.5) is 0 Å². The zero-order valence-electron chi connectivity index (χ0n) is 23.0. The first-order chi connectivity index (χ1) is 15.9. The van der Waals surface area contributed by atoms with E-state index in [2.05, 4.69) is 90.4 Å². The molecule has 2 aromatic rings. The molecule has 2 aromatic heterocycles. The van der Waals surface area contributed by atoms with Crippen LogP contribution in [0.15, 0.2) is 12.7 Å². The Morgan fingerprint density at radius 2 is 1.66 bits per heavy atom. The lowest BCUT2D eigenvalue weighted by Crippen LogP contribution is -2.66. The molecular formula is C24H41ClN4O4Si2. The number of ether oxygens (including phenoxy) is 1. The number of halogens is 1. The Morgan fingerprint density at radius 3 is 2.23 bits per heavy atom. The summed E-state index contributed by atoms with van der Waals surface area (Å²) in [6.07, 6.45) is 1.84. The summed E-state index contributed by atoms with van der Waals surface area (Å²) >= 11 is 6.31. The normalized spacial score (nSPS) is 27.9. The highest BCUT2D eigenvalue weighted by molar-refractivity contribution is 6.74. The van der Waals surface area contributed by atoms with E-state index in [1.54, 1.807) is 6.33 Å². The van der Waals surface area contributed by atoms with Gasteiger partial charge in [-0.3, -0.25) is 4.57 Å². The van der Waals surface area contributed by atoms with Gasteiger partial charge < -0.3 is 18.0 Å². The molecule has 11 heteroatoms. The third-order valence-corrected chi connectivity index (χ3v) is 17.7. The van der Waals surface area contributed by atoms with Crippen molar-refractivity contribution in [1.29, 1.82) is 0 Å². The van der Waals surface area contributed by atoms with Gasteiger partial charge in [-0.05, 0) is 18.1 Å². The molecule has 2 saturated heterocycles. The summed E-state index contributed by atoms with van der Waals surface area (Å²) in [5, 5.41) is 0.0556. The Bertz CT molecular complexity index is 1080. The van der Waals surface area contributed by atoms with E-state index in [0.717, 1.165) is 0 Å². The van der Waals surface area contributed by atoms with Crippen molar-refractivity contribution in [3.8, 4) is 0 Å². The number of hydrogen-bond acceptors (Lipinski definition) is 7. The molecule has 0 aliphatic carbocycles. The second-order valence-electron chi connectivity index (χ2n) is 13.4. The fourth-order valence-electron chi connectivity index (χ4n) is 5.20. The minimum absolute atomic E-state index is 0.0197. The topological polar surface area (TPSA) is 80.5 Å². The Kier molecular flexibility index (Phi) is 6.65. The molecule has 2 aliphatic heterocycles. The van der Waals surface area contributed by atoms with Crippen LogP contribution in [0.1, 0.15) is 68.5 Å². The maximum atomic E-state index is 7.16. The highest BCUT2D eigenvalue weighted by atomic mass is 35.5. The van der Waals surface area contributed by atoms with Crippen molar-refractivity contribution < 1.29 is 18.0 Å². The van der Waals surface area contributed by atoms with Crippen LogP contribution in [0.25, 0.3) is 11.2 Å². The molecule has 4 heterocycles. The van der Waals surface area contributed by atoms with Gasteiger partial charge in [-0.25, -0.2) is 15.0 Å². The zero-order chi connectivity index (χ0) is 26.2. The van der Waals surface area contributed by atoms with Gasteiger partial charge in [0.25, 0.3) is 0 Å². The van der Waals surface area contributed by atoms with Gasteiger partial charge in [-0.2, -0.15) is 0 Å². The minimum atomic E-state index is -2.73. The first-order valence-corrected chi connectivity index (χ1v) is 17.5. The smallest absolute Gasteiger partial charge is 0.349 e. The van der Waals surface area contributed by atoms with Crippen molar-refractivity contribution in [3.05, 3.63) is 17.8 Å². The average Bonchev–Trinajstić information content (AvgIpc) is 3.27. The van der Waals surface area contributed by atoms with E-state index in [0.29, 0.717) is 22.9 Å². The second kappa shape index (κ2) is 8.57. The van der Waals surface area contributed by atoms with Crippen molar-refractivity contribution in [1.82, 2.24) is 19.5 Å². The van der Waals surface area contributed by atoms with E-state index in [1.807, 2.05) is 4.57 Å². The van der Waals surface area contributed by atoms with Crippen molar-refractivity contribution in [3.63, 3.8) is 0 Å². The van der Waals surface area contributed by atoms with Crippen molar-refractivity contribution in [2.24, 2.45) is 0 Å². The Balaban J connectivity index is 1.81. The predicted octanol–water partition coefficient (Wildman–Crippen LogP) is 6.23. The lowest BCUT2D eigenvalue weighted by atomic mass is 10.1. The summed E-state index contributed by atoms with van der Waals surface area (Å²) in [6, 6.07) is 0. The van der Waals surface area contributed by atoms with Crippen LogP contribution >= 0.6 is 11.6 Å². The minimum Gasteiger partial charge on any atom is -0.407 e. The van der Waals surface area contributed by atoms with E-state index in [1.165, 1.54) is 6.33 Å². The largest absolute Gasteiger partial charge is 0.407 e. The fraction of sp³-hybridized carbons (Fsp3) is 0.792. The first kappa shape index (κ1) is 27.2. The molecule has 0 N–H and O–H groups in total. The summed E-state index contributed by atoms with van der Waals surface area (Å²) in [6.45, 7) is 25.1. The number of hydrogen-bond donors (Lipinski definition) is 0. The van der Waals surface area contributed by atoms with Gasteiger partial charge in [-0.1, -0.05) is 73.9 Å². The van der Waals surface area contributed by atoms with Gasteiger partial charge in [0, 0.05) is 10.1 Å². The SMILES string of the molecule is CC(C)(C)[Si](C)(C)O[C@H]1[C@H]2O[Si](C(C)(C)C)(C(C)(C)C)OC[C@H]2O[C@H]1n1cnc2c(Cl)ncnc21. The van der Waals surface area contributed by atoms with E-state index >= 15 is 0 Å². The molecule has 0 spiro atoms. The summed E-state index contributed by atoms with van der Waals surface area (Å²) in [5.74, 6) is 0. The Morgan fingerprint density at radius 1 is 1.03 bits per heavy atom. The van der Waals surface area contributed by atoms with Gasteiger partial charge in [-0.15, -0.1) is 0 Å². The number of aromatic nitrogens is 4. The van der Waals surface area contributed by atoms with Gasteiger partial charge in [0.2, 0.25) is 0 Å². The maximum absolute atomic E-state index is 7.16.